The van der Waals surface area contributed by atoms with E-state index in [-0.39, 0.29) is 143 Å². The van der Waals surface area contributed by atoms with Crippen LogP contribution >= 0.6 is 0 Å². The Balaban J connectivity index is 0. The average Bonchev–Trinajstić information content (AvgIpc) is 0. The van der Waals surface area contributed by atoms with Gasteiger partial charge in [-0.1, -0.05) is 0 Å². The second-order valence-corrected chi connectivity index (χ2v) is 0. The molecule has 0 rings (SSSR count). The molecule has 0 aromatic rings. The standard InChI is InChI=1S/Al.Ce.Cr.Mg.Mn.Zr.5H. The van der Waals surface area contributed by atoms with E-state index in [2.05, 4.69) is 0 Å². The van der Waals surface area contributed by atoms with Crippen LogP contribution < -0.4 is 0 Å². The molecule has 6 heteroatoms. The fraction of sp³-hybridized carbons (Fsp3) is 0. The minimum absolute atomic E-state index is 0. The molecule has 0 aliphatic heterocycles. The summed E-state index contributed by atoms with van der Waals surface area (Å²) < 4.78 is 0. The largest absolute Gasteiger partial charge is 0.316 e. The Morgan fingerprint density at radius 1 is 1.00 bits per heavy atom. The summed E-state index contributed by atoms with van der Waals surface area (Å²) in [5, 5.41) is 0. The van der Waals surface area contributed by atoms with Crippen LogP contribution in [-0.2, 0) is 60.6 Å². The Hall–Kier alpha value is 4.61. The van der Waals surface area contributed by atoms with Crippen molar-refractivity contribution in [3.05, 3.63) is 0 Å². The van der Waals surface area contributed by atoms with Crippen LogP contribution in [-0.4, -0.2) is 40.4 Å². The Morgan fingerprint density at radius 2 is 1.00 bits per heavy atom. The minimum atomic E-state index is 0. The second kappa shape index (κ2) is 33.5. The third kappa shape index (κ3) is 23.5. The van der Waals surface area contributed by atoms with Crippen molar-refractivity contribution < 1.29 is 102 Å². The first kappa shape index (κ1) is 46.1. The predicted octanol–water partition coefficient (Wildman–Crippen LogP) is -2.11. The van der Waals surface area contributed by atoms with E-state index in [0.29, 0.717) is 0 Å². The van der Waals surface area contributed by atoms with Crippen molar-refractivity contribution in [3.8, 4) is 0 Å². The zero-order valence-corrected chi connectivity index (χ0v) is 9.84. The van der Waals surface area contributed by atoms with E-state index >= 15 is 0 Å². The monoisotopic (exact) mass is 393 g/mol. The molecular weight excluding hydrogens is 390 g/mol. The predicted molar refractivity (Wildman–Crippen MR) is 18.5 cm³/mol. The number of hydrogen-bond donors (Lipinski definition) is 0. The molecule has 1 radical (unpaired) electrons. The van der Waals surface area contributed by atoms with E-state index in [1.807, 2.05) is 0 Å². The van der Waals surface area contributed by atoms with Gasteiger partial charge in [-0.05, 0) is 0 Å². The molecule has 0 spiro atoms. The summed E-state index contributed by atoms with van der Waals surface area (Å²) >= 11 is 0. The van der Waals surface area contributed by atoms with Gasteiger partial charge in [-0.2, -0.15) is 0 Å². The quantitative estimate of drug-likeness (QED) is 0.413. The molecule has 0 heterocycles. The molecule has 0 unspecified atom stereocenters. The van der Waals surface area contributed by atoms with Gasteiger partial charge in [0.25, 0.3) is 0 Å². The van der Waals surface area contributed by atoms with Crippen molar-refractivity contribution in [1.82, 2.24) is 0 Å². The van der Waals surface area contributed by atoms with Gasteiger partial charge in [-0.15, -0.1) is 0 Å². The second-order valence-electron chi connectivity index (χ2n) is 0. The zero-order chi connectivity index (χ0) is 0. The Kier molecular flexibility index (Phi) is 258. The van der Waals surface area contributed by atoms with Crippen molar-refractivity contribution in [2.45, 2.75) is 0 Å². The average molecular weight is 395 g/mol. The van der Waals surface area contributed by atoms with E-state index in [4.69, 9.17) is 0 Å². The van der Waals surface area contributed by atoms with E-state index < -0.39 is 0 Å². The molecule has 31 valence electrons. The van der Waals surface area contributed by atoms with Gasteiger partial charge in [0.15, 0.2) is 17.4 Å². The van der Waals surface area contributed by atoms with Crippen LogP contribution in [0.1, 0.15) is 0 Å². The first-order chi connectivity index (χ1) is 0. The van der Waals surface area contributed by atoms with Crippen LogP contribution in [0.5, 0.6) is 0 Å². The molecule has 0 saturated carbocycles. The Labute approximate surface area is 139 Å². The molecule has 0 aliphatic carbocycles. The van der Waals surface area contributed by atoms with Gasteiger partial charge < -0.3 is 0 Å². The molecular formula is H5AlCeCrMgMnZr. The van der Waals surface area contributed by atoms with Crippen molar-refractivity contribution in [1.29, 1.82) is 0 Å². The van der Waals surface area contributed by atoms with Gasteiger partial charge in [-0.25, -0.2) is 0 Å². The van der Waals surface area contributed by atoms with Gasteiger partial charge in [0, 0.05) is 102 Å². The summed E-state index contributed by atoms with van der Waals surface area (Å²) in [6, 6.07) is 0. The van der Waals surface area contributed by atoms with Gasteiger partial charge >= 0.3 is 23.1 Å². The van der Waals surface area contributed by atoms with Crippen molar-refractivity contribution in [2.75, 3.05) is 0 Å². The molecule has 0 nitrogen and oxygen atoms in total. The summed E-state index contributed by atoms with van der Waals surface area (Å²) in [6.07, 6.45) is 0. The molecule has 0 aliphatic rings. The fourth-order valence-corrected chi connectivity index (χ4v) is 0. The fourth-order valence-electron chi connectivity index (χ4n) is 0. The van der Waals surface area contributed by atoms with Crippen molar-refractivity contribution >= 4 is 40.4 Å². The molecule has 0 saturated heterocycles. The first-order valence-electron chi connectivity index (χ1n) is 0. The zero-order valence-electron chi connectivity index (χ0n) is 1.79. The van der Waals surface area contributed by atoms with Crippen LogP contribution in [0.25, 0.3) is 0 Å². The van der Waals surface area contributed by atoms with Gasteiger partial charge in [-0.3, -0.25) is 0 Å². The number of hydrogen-bond acceptors (Lipinski definition) is 0. The topological polar surface area (TPSA) is 0 Å². The van der Waals surface area contributed by atoms with Gasteiger partial charge in [0.05, 0.1) is 0 Å². The third-order valence-electron chi connectivity index (χ3n) is 0. The summed E-state index contributed by atoms with van der Waals surface area (Å²) in [7, 11) is 0. The van der Waals surface area contributed by atoms with Crippen LogP contribution in [0.15, 0.2) is 0 Å². The maximum Gasteiger partial charge on any atom is 0.316 e. The summed E-state index contributed by atoms with van der Waals surface area (Å²) in [5.41, 5.74) is 0. The molecule has 0 aromatic heterocycles. The third-order valence-corrected chi connectivity index (χ3v) is 0. The molecule has 0 atom stereocenters. The van der Waals surface area contributed by atoms with E-state index in [9.17, 15) is 0 Å². The normalized spacial score (nSPS) is 0. The van der Waals surface area contributed by atoms with Crippen LogP contribution in [0.3, 0.4) is 0 Å². The number of rotatable bonds is 0. The van der Waals surface area contributed by atoms with E-state index in [1.165, 1.54) is 0 Å². The molecule has 6 heavy (non-hydrogen) atoms. The maximum atomic E-state index is 0. The van der Waals surface area contributed by atoms with Crippen molar-refractivity contribution in [2.24, 2.45) is 0 Å². The Morgan fingerprint density at radius 3 is 1.00 bits per heavy atom. The minimum Gasteiger partial charge on any atom is 0 e. The SMILES string of the molecule is [AlH3].[Ce].[Cr].[MgH2].[Mn].[Zr]. The molecule has 0 bridgehead atoms. The Bertz CT molecular complexity index is 15.5. The summed E-state index contributed by atoms with van der Waals surface area (Å²) in [6.45, 7) is 0. The smallest absolute Gasteiger partial charge is 0 e. The maximum absolute atomic E-state index is 0. The molecule has 0 fully saturated rings. The van der Waals surface area contributed by atoms with E-state index in [0.717, 1.165) is 0 Å². The van der Waals surface area contributed by atoms with Gasteiger partial charge in [0.2, 0.25) is 0 Å². The van der Waals surface area contributed by atoms with E-state index in [1.54, 1.807) is 0 Å². The van der Waals surface area contributed by atoms with Crippen LogP contribution in [0.4, 0.5) is 0 Å². The van der Waals surface area contributed by atoms with Crippen molar-refractivity contribution in [3.63, 3.8) is 0 Å². The van der Waals surface area contributed by atoms with Crippen LogP contribution in [0, 0.1) is 41.7 Å². The molecule has 0 amide bonds. The molecule has 0 aromatic carbocycles. The first-order valence-corrected chi connectivity index (χ1v) is 0. The summed E-state index contributed by atoms with van der Waals surface area (Å²) in [4.78, 5) is 0. The molecule has 0 N–H and O–H groups in total. The van der Waals surface area contributed by atoms with Gasteiger partial charge in [0.1, 0.15) is 0 Å². The summed E-state index contributed by atoms with van der Waals surface area (Å²) in [5.74, 6) is 0. The van der Waals surface area contributed by atoms with Crippen LogP contribution in [0.2, 0.25) is 0 Å².